The number of fused-ring (bicyclic) bond motifs is 1. The van der Waals surface area contributed by atoms with Gasteiger partial charge < -0.3 is 14.5 Å². The van der Waals surface area contributed by atoms with Crippen molar-refractivity contribution in [3.63, 3.8) is 0 Å². The van der Waals surface area contributed by atoms with E-state index in [2.05, 4.69) is 0 Å². The van der Waals surface area contributed by atoms with E-state index in [0.29, 0.717) is 45.5 Å². The van der Waals surface area contributed by atoms with Crippen molar-refractivity contribution >= 4 is 11.8 Å². The molecule has 0 aliphatic carbocycles. The zero-order chi connectivity index (χ0) is 17.7. The van der Waals surface area contributed by atoms with E-state index < -0.39 is 24.9 Å². The highest BCUT2D eigenvalue weighted by Crippen LogP contribution is 2.32. The Kier molecular flexibility index (Phi) is 6.48. The van der Waals surface area contributed by atoms with Gasteiger partial charge in [-0.2, -0.15) is 13.2 Å². The summed E-state index contributed by atoms with van der Waals surface area (Å²) in [6, 6.07) is 0.0924. The van der Waals surface area contributed by atoms with Crippen molar-refractivity contribution in [1.29, 1.82) is 0 Å². The average Bonchev–Trinajstić information content (AvgIpc) is 2.53. The molecule has 0 N–H and O–H groups in total. The molecule has 2 heterocycles. The van der Waals surface area contributed by atoms with Crippen LogP contribution in [0.5, 0.6) is 0 Å². The van der Waals surface area contributed by atoms with Crippen molar-refractivity contribution in [1.82, 2.24) is 9.80 Å². The molecule has 2 saturated heterocycles. The predicted molar refractivity (Wildman–Crippen MR) is 81.2 cm³/mol. The molecule has 0 aromatic carbocycles. The summed E-state index contributed by atoms with van der Waals surface area (Å²) < 4.78 is 41.8. The standard InChI is InChI=1S/C16H25F3N2O3/c1-24-10-2-8-21-13-6-9-20(11-12(13)3-4-15(21)23)14(22)5-7-16(17,18)19/h12-13H,2-11H2,1H3. The van der Waals surface area contributed by atoms with Crippen LogP contribution in [0.4, 0.5) is 13.2 Å². The van der Waals surface area contributed by atoms with E-state index in [1.165, 1.54) is 4.90 Å². The van der Waals surface area contributed by atoms with Gasteiger partial charge >= 0.3 is 6.18 Å². The van der Waals surface area contributed by atoms with Gasteiger partial charge in [0.2, 0.25) is 11.8 Å². The smallest absolute Gasteiger partial charge is 0.385 e. The van der Waals surface area contributed by atoms with Crippen molar-refractivity contribution in [3.8, 4) is 0 Å². The first-order valence-electron chi connectivity index (χ1n) is 8.44. The molecule has 0 bridgehead atoms. The second-order valence-electron chi connectivity index (χ2n) is 6.54. The quantitative estimate of drug-likeness (QED) is 0.690. The van der Waals surface area contributed by atoms with Crippen LogP contribution in [0.2, 0.25) is 0 Å². The monoisotopic (exact) mass is 350 g/mol. The summed E-state index contributed by atoms with van der Waals surface area (Å²) >= 11 is 0. The molecule has 5 nitrogen and oxygen atoms in total. The number of piperidine rings is 2. The molecule has 2 rings (SSSR count). The normalized spacial score (nSPS) is 24.9. The summed E-state index contributed by atoms with van der Waals surface area (Å²) in [6.45, 7) is 2.10. The first-order valence-corrected chi connectivity index (χ1v) is 8.44. The highest BCUT2D eigenvalue weighted by Gasteiger charge is 2.40. The van der Waals surface area contributed by atoms with Crippen molar-refractivity contribution in [2.45, 2.75) is 50.7 Å². The van der Waals surface area contributed by atoms with Crippen LogP contribution in [-0.2, 0) is 14.3 Å². The van der Waals surface area contributed by atoms with Gasteiger partial charge in [0, 0.05) is 52.2 Å². The average molecular weight is 350 g/mol. The highest BCUT2D eigenvalue weighted by atomic mass is 19.4. The van der Waals surface area contributed by atoms with Gasteiger partial charge in [0.05, 0.1) is 6.42 Å². The molecule has 2 aliphatic rings. The second-order valence-corrected chi connectivity index (χ2v) is 6.54. The molecule has 2 amide bonds. The number of carbonyl (C=O) groups is 2. The minimum absolute atomic E-state index is 0.0924. The summed E-state index contributed by atoms with van der Waals surface area (Å²) in [5, 5.41) is 0. The third kappa shape index (κ3) is 5.09. The van der Waals surface area contributed by atoms with Crippen molar-refractivity contribution < 1.29 is 27.5 Å². The summed E-state index contributed by atoms with van der Waals surface area (Å²) in [4.78, 5) is 27.6. The lowest BCUT2D eigenvalue weighted by Gasteiger charge is -2.47. The summed E-state index contributed by atoms with van der Waals surface area (Å²) in [5.74, 6) is -0.147. The minimum Gasteiger partial charge on any atom is -0.385 e. The van der Waals surface area contributed by atoms with Gasteiger partial charge in [0.15, 0.2) is 0 Å². The third-order valence-electron chi connectivity index (χ3n) is 4.87. The molecular weight excluding hydrogens is 325 g/mol. The van der Waals surface area contributed by atoms with Crippen LogP contribution in [0, 0.1) is 5.92 Å². The van der Waals surface area contributed by atoms with E-state index in [1.807, 2.05) is 4.90 Å². The molecule has 0 aromatic rings. The fraction of sp³-hybridized carbons (Fsp3) is 0.875. The number of alkyl halides is 3. The second kappa shape index (κ2) is 8.18. The van der Waals surface area contributed by atoms with Gasteiger partial charge in [-0.15, -0.1) is 0 Å². The number of rotatable bonds is 6. The third-order valence-corrected chi connectivity index (χ3v) is 4.87. The molecule has 0 radical (unpaired) electrons. The van der Waals surface area contributed by atoms with E-state index in [4.69, 9.17) is 4.74 Å². The highest BCUT2D eigenvalue weighted by molar-refractivity contribution is 5.78. The molecule has 0 spiro atoms. The number of carbonyl (C=O) groups excluding carboxylic acids is 2. The lowest BCUT2D eigenvalue weighted by molar-refractivity contribution is -0.153. The molecule has 2 fully saturated rings. The largest absolute Gasteiger partial charge is 0.389 e. The summed E-state index contributed by atoms with van der Waals surface area (Å²) in [7, 11) is 1.62. The Bertz CT molecular complexity index is 456. The topological polar surface area (TPSA) is 49.9 Å². The van der Waals surface area contributed by atoms with E-state index in [0.717, 1.165) is 6.42 Å². The van der Waals surface area contributed by atoms with Crippen molar-refractivity contribution in [2.75, 3.05) is 33.4 Å². The van der Waals surface area contributed by atoms with Crippen LogP contribution in [0.15, 0.2) is 0 Å². The Hall–Kier alpha value is -1.31. The number of hydrogen-bond acceptors (Lipinski definition) is 3. The molecular formula is C16H25F3N2O3. The van der Waals surface area contributed by atoms with Crippen molar-refractivity contribution in [3.05, 3.63) is 0 Å². The number of methoxy groups -OCH3 is 1. The lowest BCUT2D eigenvalue weighted by Crippen LogP contribution is -2.57. The predicted octanol–water partition coefficient (Wildman–Crippen LogP) is 2.20. The van der Waals surface area contributed by atoms with Gasteiger partial charge in [0.1, 0.15) is 0 Å². The Labute approximate surface area is 140 Å². The van der Waals surface area contributed by atoms with E-state index in [9.17, 15) is 22.8 Å². The van der Waals surface area contributed by atoms with Gasteiger partial charge in [-0.1, -0.05) is 0 Å². The van der Waals surface area contributed by atoms with Crippen LogP contribution >= 0.6 is 0 Å². The number of likely N-dealkylation sites (tertiary alicyclic amines) is 2. The fourth-order valence-electron chi connectivity index (χ4n) is 3.65. The number of ether oxygens (including phenoxy) is 1. The van der Waals surface area contributed by atoms with Crippen LogP contribution in [0.3, 0.4) is 0 Å². The maximum Gasteiger partial charge on any atom is 0.389 e. The number of halogens is 3. The Morgan fingerprint density at radius 2 is 2.08 bits per heavy atom. The van der Waals surface area contributed by atoms with E-state index >= 15 is 0 Å². The Balaban J connectivity index is 1.89. The number of amides is 2. The minimum atomic E-state index is -4.30. The molecule has 0 aromatic heterocycles. The van der Waals surface area contributed by atoms with Crippen molar-refractivity contribution in [2.24, 2.45) is 5.92 Å². The van der Waals surface area contributed by atoms with Crippen LogP contribution in [-0.4, -0.2) is 67.2 Å². The van der Waals surface area contributed by atoms with Crippen LogP contribution in [0.25, 0.3) is 0 Å². The Morgan fingerprint density at radius 3 is 2.75 bits per heavy atom. The molecule has 8 heteroatoms. The van der Waals surface area contributed by atoms with Crippen LogP contribution in [0.1, 0.15) is 38.5 Å². The van der Waals surface area contributed by atoms with Gasteiger partial charge in [-0.3, -0.25) is 9.59 Å². The summed E-state index contributed by atoms with van der Waals surface area (Å²) in [5.41, 5.74) is 0. The zero-order valence-electron chi connectivity index (χ0n) is 14.0. The molecule has 2 atom stereocenters. The maximum absolute atomic E-state index is 12.3. The van der Waals surface area contributed by atoms with Gasteiger partial charge in [0.25, 0.3) is 0 Å². The SMILES string of the molecule is COCCCN1C(=O)CCC2CN(C(=O)CCC(F)(F)F)CCC21. The Morgan fingerprint density at radius 1 is 1.33 bits per heavy atom. The summed E-state index contributed by atoms with van der Waals surface area (Å²) in [6.07, 6.45) is -3.31. The first kappa shape index (κ1) is 19.0. The molecule has 0 saturated carbocycles. The fourth-order valence-corrected chi connectivity index (χ4v) is 3.65. The van der Waals surface area contributed by atoms with Gasteiger partial charge in [-0.05, 0) is 25.2 Å². The lowest BCUT2D eigenvalue weighted by atomic mass is 9.83. The van der Waals surface area contributed by atoms with Gasteiger partial charge in [-0.25, -0.2) is 0 Å². The van der Waals surface area contributed by atoms with Crippen LogP contribution < -0.4 is 0 Å². The first-order chi connectivity index (χ1) is 11.3. The zero-order valence-corrected chi connectivity index (χ0v) is 14.0. The maximum atomic E-state index is 12.3. The molecule has 2 aliphatic heterocycles. The number of hydrogen-bond donors (Lipinski definition) is 0. The number of nitrogens with zero attached hydrogens (tertiary/aromatic N) is 2. The van der Waals surface area contributed by atoms with E-state index in [-0.39, 0.29) is 17.9 Å². The molecule has 24 heavy (non-hydrogen) atoms. The molecule has 2 unspecified atom stereocenters. The van der Waals surface area contributed by atoms with E-state index in [1.54, 1.807) is 7.11 Å². The molecule has 138 valence electrons.